The number of nitrogens with one attached hydrogen (secondary N) is 2. The molecule has 2 nitrogen and oxygen atoms in total. The van der Waals surface area contributed by atoms with Crippen LogP contribution in [0, 0.1) is 24.2 Å². The van der Waals surface area contributed by atoms with Gasteiger partial charge in [0.25, 0.3) is 0 Å². The van der Waals surface area contributed by atoms with E-state index in [4.69, 9.17) is 6.42 Å². The summed E-state index contributed by atoms with van der Waals surface area (Å²) in [5, 5.41) is 6.48. The van der Waals surface area contributed by atoms with Crippen molar-refractivity contribution in [1.82, 2.24) is 10.6 Å². The fraction of sp³-hybridized carbons (Fsp3) is 0.714. The summed E-state index contributed by atoms with van der Waals surface area (Å²) in [7, 11) is 1.86. The fourth-order valence-electron chi connectivity index (χ4n) is 1.14. The maximum Gasteiger partial charge on any atom is 0.0877 e. The summed E-state index contributed by atoms with van der Waals surface area (Å²) < 4.78 is 0. The van der Waals surface area contributed by atoms with Gasteiger partial charge in [-0.1, -0.05) is 24.7 Å². The van der Waals surface area contributed by atoms with Gasteiger partial charge in [0.2, 0.25) is 0 Å². The molecule has 0 fully saturated rings. The molecular weight excluding hydrogens is 196 g/mol. The van der Waals surface area contributed by atoms with Gasteiger partial charge >= 0.3 is 0 Å². The summed E-state index contributed by atoms with van der Waals surface area (Å²) >= 11 is 0. The van der Waals surface area contributed by atoms with Gasteiger partial charge in [0.15, 0.2) is 0 Å². The molecule has 1 unspecified atom stereocenters. The molecule has 90 valence electrons. The van der Waals surface area contributed by atoms with Crippen LogP contribution in [0.3, 0.4) is 0 Å². The zero-order valence-corrected chi connectivity index (χ0v) is 11.2. The van der Waals surface area contributed by atoms with E-state index < -0.39 is 0 Å². The molecule has 1 atom stereocenters. The van der Waals surface area contributed by atoms with Crippen molar-refractivity contribution in [3.05, 3.63) is 0 Å². The number of rotatable bonds is 5. The summed E-state index contributed by atoms with van der Waals surface area (Å²) in [4.78, 5) is 0. The van der Waals surface area contributed by atoms with Crippen LogP contribution in [0.15, 0.2) is 0 Å². The molecule has 0 radical (unpaired) electrons. The van der Waals surface area contributed by atoms with Gasteiger partial charge in [-0.2, -0.15) is 0 Å². The average molecular weight is 220 g/mol. The van der Waals surface area contributed by atoms with Gasteiger partial charge in [-0.15, -0.1) is 6.42 Å². The van der Waals surface area contributed by atoms with E-state index >= 15 is 0 Å². The quantitative estimate of drug-likeness (QED) is 0.690. The van der Waals surface area contributed by atoms with E-state index in [1.54, 1.807) is 0 Å². The van der Waals surface area contributed by atoms with Crippen molar-refractivity contribution in [2.75, 3.05) is 13.6 Å². The minimum absolute atomic E-state index is 0.140. The Balaban J connectivity index is 4.35. The molecule has 2 heteroatoms. The van der Waals surface area contributed by atoms with Crippen molar-refractivity contribution in [2.24, 2.45) is 0 Å². The van der Waals surface area contributed by atoms with Crippen LogP contribution in [0.25, 0.3) is 0 Å². The molecule has 16 heavy (non-hydrogen) atoms. The van der Waals surface area contributed by atoms with E-state index in [0.717, 1.165) is 13.0 Å². The second kappa shape index (κ2) is 6.59. The Kier molecular flexibility index (Phi) is 6.19. The minimum atomic E-state index is -0.326. The molecule has 0 saturated carbocycles. The van der Waals surface area contributed by atoms with E-state index in [1.165, 1.54) is 0 Å². The highest BCUT2D eigenvalue weighted by molar-refractivity contribution is 5.21. The van der Waals surface area contributed by atoms with Gasteiger partial charge in [0, 0.05) is 6.42 Å². The third-order valence-electron chi connectivity index (χ3n) is 2.53. The van der Waals surface area contributed by atoms with Crippen LogP contribution in [-0.4, -0.2) is 24.7 Å². The van der Waals surface area contributed by atoms with Crippen LogP contribution in [0.5, 0.6) is 0 Å². The molecule has 0 aromatic rings. The molecule has 0 rings (SSSR count). The second-order valence-electron chi connectivity index (χ2n) is 4.76. The first-order chi connectivity index (χ1) is 7.39. The van der Waals surface area contributed by atoms with E-state index in [2.05, 4.69) is 49.2 Å². The topological polar surface area (TPSA) is 24.1 Å². The van der Waals surface area contributed by atoms with Crippen molar-refractivity contribution in [3.8, 4) is 24.2 Å². The zero-order chi connectivity index (χ0) is 12.7. The van der Waals surface area contributed by atoms with Crippen LogP contribution in [-0.2, 0) is 0 Å². The lowest BCUT2D eigenvalue weighted by molar-refractivity contribution is 0.486. The maximum atomic E-state index is 5.45. The lowest BCUT2D eigenvalue weighted by Crippen LogP contribution is -2.39. The van der Waals surface area contributed by atoms with Crippen molar-refractivity contribution < 1.29 is 0 Å². The van der Waals surface area contributed by atoms with Crippen LogP contribution in [0.2, 0.25) is 0 Å². The van der Waals surface area contributed by atoms with E-state index in [9.17, 15) is 0 Å². The maximum absolute atomic E-state index is 5.45. The van der Waals surface area contributed by atoms with Gasteiger partial charge in [-0.3, -0.25) is 0 Å². The Morgan fingerprint density at radius 3 is 2.31 bits per heavy atom. The summed E-state index contributed by atoms with van der Waals surface area (Å²) in [5.74, 6) is 9.10. The Hall–Kier alpha value is -0.960. The standard InChI is InChI=1S/C14H24N2/c1-7-12-16-13(3,4)10-9-11-14(5,8-2)15-6/h2,15-16H,7,11-12H2,1,3-6H3. The molecule has 0 aliphatic heterocycles. The molecule has 0 saturated heterocycles. The van der Waals surface area contributed by atoms with Crippen molar-refractivity contribution in [3.63, 3.8) is 0 Å². The molecule has 0 bridgehead atoms. The molecule has 0 aliphatic carbocycles. The Labute approximate surface area is 101 Å². The summed E-state index contributed by atoms with van der Waals surface area (Å²) in [6.45, 7) is 9.28. The van der Waals surface area contributed by atoms with Gasteiger partial charge in [-0.25, -0.2) is 0 Å². The summed E-state index contributed by atoms with van der Waals surface area (Å²) in [5.41, 5.74) is -0.465. The molecule has 0 aromatic heterocycles. The molecule has 0 amide bonds. The number of hydrogen-bond donors (Lipinski definition) is 2. The predicted octanol–water partition coefficient (Wildman–Crippen LogP) is 1.77. The summed E-state index contributed by atoms with van der Waals surface area (Å²) in [6, 6.07) is 0. The van der Waals surface area contributed by atoms with Crippen LogP contribution >= 0.6 is 0 Å². The third-order valence-corrected chi connectivity index (χ3v) is 2.53. The highest BCUT2D eigenvalue weighted by Crippen LogP contribution is 2.06. The SMILES string of the molecule is C#CC(C)(CC#CC(C)(C)NCCC)NC. The number of hydrogen-bond acceptors (Lipinski definition) is 2. The largest absolute Gasteiger partial charge is 0.304 e. The Bertz CT molecular complexity index is 301. The molecule has 0 spiro atoms. The first-order valence-corrected chi connectivity index (χ1v) is 5.81. The van der Waals surface area contributed by atoms with Crippen LogP contribution in [0.4, 0.5) is 0 Å². The predicted molar refractivity (Wildman–Crippen MR) is 71.1 cm³/mol. The van der Waals surface area contributed by atoms with Crippen molar-refractivity contribution in [2.45, 2.75) is 51.6 Å². The fourth-order valence-corrected chi connectivity index (χ4v) is 1.14. The molecule has 0 aliphatic rings. The molecule has 2 N–H and O–H groups in total. The Morgan fingerprint density at radius 2 is 1.88 bits per heavy atom. The highest BCUT2D eigenvalue weighted by Gasteiger charge is 2.17. The third kappa shape index (κ3) is 5.81. The zero-order valence-electron chi connectivity index (χ0n) is 11.2. The first-order valence-electron chi connectivity index (χ1n) is 5.81. The molecule has 0 heterocycles. The normalized spacial score (nSPS) is 14.5. The lowest BCUT2D eigenvalue weighted by Gasteiger charge is -2.21. The van der Waals surface area contributed by atoms with E-state index in [0.29, 0.717) is 6.42 Å². The monoisotopic (exact) mass is 220 g/mol. The average Bonchev–Trinajstić information content (AvgIpc) is 2.26. The van der Waals surface area contributed by atoms with Gasteiger partial charge < -0.3 is 10.6 Å². The highest BCUT2D eigenvalue weighted by atomic mass is 14.9. The second-order valence-corrected chi connectivity index (χ2v) is 4.76. The Morgan fingerprint density at radius 1 is 1.25 bits per heavy atom. The number of terminal acetylenes is 1. The summed E-state index contributed by atoms with van der Waals surface area (Å²) in [6.07, 6.45) is 7.23. The smallest absolute Gasteiger partial charge is 0.0877 e. The van der Waals surface area contributed by atoms with Gasteiger partial charge in [-0.05, 0) is 40.8 Å². The first kappa shape index (κ1) is 15.0. The van der Waals surface area contributed by atoms with E-state index in [1.807, 2.05) is 14.0 Å². The molecular formula is C14H24N2. The van der Waals surface area contributed by atoms with Crippen molar-refractivity contribution in [1.29, 1.82) is 0 Å². The van der Waals surface area contributed by atoms with Crippen LogP contribution in [0.1, 0.15) is 40.5 Å². The lowest BCUT2D eigenvalue weighted by atomic mass is 9.98. The van der Waals surface area contributed by atoms with Gasteiger partial charge in [0.1, 0.15) is 0 Å². The van der Waals surface area contributed by atoms with Crippen molar-refractivity contribution >= 4 is 0 Å². The minimum Gasteiger partial charge on any atom is -0.304 e. The van der Waals surface area contributed by atoms with Crippen LogP contribution < -0.4 is 10.6 Å². The molecule has 0 aromatic carbocycles. The van der Waals surface area contributed by atoms with E-state index in [-0.39, 0.29) is 11.1 Å². The van der Waals surface area contributed by atoms with Gasteiger partial charge in [0.05, 0.1) is 11.1 Å².